The van der Waals surface area contributed by atoms with Gasteiger partial charge in [-0.15, -0.1) is 5.10 Å². The van der Waals surface area contributed by atoms with Gasteiger partial charge in [-0.3, -0.25) is 9.59 Å². The molecule has 8 nitrogen and oxygen atoms in total. The van der Waals surface area contributed by atoms with E-state index in [1.165, 1.54) is 30.1 Å². The van der Waals surface area contributed by atoms with Crippen molar-refractivity contribution in [2.24, 2.45) is 0 Å². The molecule has 0 bridgehead atoms. The molecule has 3 rings (SSSR count). The summed E-state index contributed by atoms with van der Waals surface area (Å²) in [6.07, 6.45) is 3.52. The number of carbonyl (C=O) groups is 2. The zero-order valence-electron chi connectivity index (χ0n) is 13.8. The van der Waals surface area contributed by atoms with Gasteiger partial charge in [-0.05, 0) is 24.6 Å². The minimum absolute atomic E-state index is 0.0593. The van der Waals surface area contributed by atoms with Crippen molar-refractivity contribution >= 4 is 17.5 Å². The summed E-state index contributed by atoms with van der Waals surface area (Å²) in [5.41, 5.74) is -0.505. The number of anilines is 1. The second-order valence-corrected chi connectivity index (χ2v) is 5.96. The maximum atomic E-state index is 13.4. The fourth-order valence-electron chi connectivity index (χ4n) is 3.00. The average Bonchev–Trinajstić information content (AvgIpc) is 3.25. The first-order valence-electron chi connectivity index (χ1n) is 7.90. The summed E-state index contributed by atoms with van der Waals surface area (Å²) >= 11 is 0. The number of amides is 2. The van der Waals surface area contributed by atoms with Crippen LogP contribution in [-0.4, -0.2) is 57.4 Å². The lowest BCUT2D eigenvalue weighted by Gasteiger charge is -2.30. The first kappa shape index (κ1) is 16.9. The fourth-order valence-corrected chi connectivity index (χ4v) is 3.00. The number of nitrogens with zero attached hydrogens (tertiary/aromatic N) is 4. The minimum Gasteiger partial charge on any atom is -0.370 e. The highest BCUT2D eigenvalue weighted by Gasteiger charge is 2.45. The van der Waals surface area contributed by atoms with Crippen LogP contribution >= 0.6 is 0 Å². The lowest BCUT2D eigenvalue weighted by atomic mass is 9.96. The number of benzene rings is 1. The Morgan fingerprint density at radius 2 is 2.24 bits per heavy atom. The van der Waals surface area contributed by atoms with Crippen LogP contribution < -0.4 is 10.6 Å². The Balaban J connectivity index is 1.76. The smallest absolute Gasteiger partial charge is 0.247 e. The molecule has 1 aromatic carbocycles. The van der Waals surface area contributed by atoms with E-state index in [1.807, 2.05) is 0 Å². The van der Waals surface area contributed by atoms with Gasteiger partial charge in [0.25, 0.3) is 0 Å². The largest absolute Gasteiger partial charge is 0.370 e. The van der Waals surface area contributed by atoms with E-state index in [4.69, 9.17) is 0 Å². The molecule has 1 saturated heterocycles. The van der Waals surface area contributed by atoms with Crippen molar-refractivity contribution in [1.29, 1.82) is 0 Å². The van der Waals surface area contributed by atoms with Crippen LogP contribution in [0.4, 0.5) is 10.1 Å². The molecule has 1 aromatic heterocycles. The van der Waals surface area contributed by atoms with Gasteiger partial charge in [-0.2, -0.15) is 0 Å². The number of nitrogens with one attached hydrogen (secondary N) is 2. The Labute approximate surface area is 144 Å². The summed E-state index contributed by atoms with van der Waals surface area (Å²) in [7, 11) is 1.54. The third-order valence-corrected chi connectivity index (χ3v) is 4.26. The predicted molar refractivity (Wildman–Crippen MR) is 88.0 cm³/mol. The third-order valence-electron chi connectivity index (χ3n) is 4.26. The summed E-state index contributed by atoms with van der Waals surface area (Å²) in [5.74, 6) is -0.792. The van der Waals surface area contributed by atoms with Gasteiger partial charge in [0.05, 0.1) is 12.7 Å². The number of hydrogen-bond donors (Lipinski definition) is 2. The minimum atomic E-state index is -0.999. The number of likely N-dealkylation sites (N-methyl/N-ethyl adjacent to an activating group) is 1. The molecule has 1 unspecified atom stereocenters. The summed E-state index contributed by atoms with van der Waals surface area (Å²) in [5, 5.41) is 13.2. The van der Waals surface area contributed by atoms with Gasteiger partial charge in [-0.1, -0.05) is 11.3 Å². The highest BCUT2D eigenvalue weighted by Crippen LogP contribution is 2.27. The van der Waals surface area contributed by atoms with Crippen LogP contribution in [0, 0.1) is 5.82 Å². The molecule has 2 N–H and O–H groups in total. The van der Waals surface area contributed by atoms with Crippen molar-refractivity contribution in [2.75, 3.05) is 25.5 Å². The SMILES string of the molecule is CNC(=O)C1(Nc2cccc(F)c2)CCN(C(=O)Cn2ccnn2)C1. The van der Waals surface area contributed by atoms with Crippen LogP contribution in [0.15, 0.2) is 36.7 Å². The average molecular weight is 346 g/mol. The number of likely N-dealkylation sites (tertiary alicyclic amines) is 1. The molecule has 1 aliphatic heterocycles. The molecule has 9 heteroatoms. The second-order valence-electron chi connectivity index (χ2n) is 5.96. The third kappa shape index (κ3) is 3.59. The molecule has 2 aromatic rings. The number of rotatable bonds is 5. The molecular weight excluding hydrogens is 327 g/mol. The molecule has 1 atom stereocenters. The van der Waals surface area contributed by atoms with Crippen LogP contribution in [0.5, 0.6) is 0 Å². The number of carbonyl (C=O) groups excluding carboxylic acids is 2. The highest BCUT2D eigenvalue weighted by molar-refractivity contribution is 5.91. The van der Waals surface area contributed by atoms with Crippen molar-refractivity contribution in [3.8, 4) is 0 Å². The van der Waals surface area contributed by atoms with E-state index >= 15 is 0 Å². The normalized spacial score (nSPS) is 19.7. The second kappa shape index (κ2) is 6.88. The Kier molecular flexibility index (Phi) is 4.64. The van der Waals surface area contributed by atoms with E-state index in [0.29, 0.717) is 18.7 Å². The summed E-state index contributed by atoms with van der Waals surface area (Å²) in [6.45, 7) is 0.670. The van der Waals surface area contributed by atoms with E-state index in [2.05, 4.69) is 20.9 Å². The van der Waals surface area contributed by atoms with E-state index < -0.39 is 11.4 Å². The zero-order valence-corrected chi connectivity index (χ0v) is 13.8. The molecule has 0 radical (unpaired) electrons. The molecule has 0 saturated carbocycles. The Hall–Kier alpha value is -2.97. The topological polar surface area (TPSA) is 92.2 Å². The summed E-state index contributed by atoms with van der Waals surface area (Å²) in [4.78, 5) is 26.5. The Morgan fingerprint density at radius 1 is 1.40 bits per heavy atom. The zero-order chi connectivity index (χ0) is 17.9. The summed E-state index contributed by atoms with van der Waals surface area (Å²) in [6, 6.07) is 5.91. The van der Waals surface area contributed by atoms with Crippen LogP contribution in [0.1, 0.15) is 6.42 Å². The number of hydrogen-bond acceptors (Lipinski definition) is 5. The monoisotopic (exact) mass is 346 g/mol. The lowest BCUT2D eigenvalue weighted by Crippen LogP contribution is -2.54. The molecule has 0 spiro atoms. The maximum absolute atomic E-state index is 13.4. The Bertz CT molecular complexity index is 766. The van der Waals surface area contributed by atoms with E-state index in [0.717, 1.165) is 0 Å². The van der Waals surface area contributed by atoms with E-state index in [-0.39, 0.29) is 24.9 Å². The van der Waals surface area contributed by atoms with Gasteiger partial charge in [0, 0.05) is 25.5 Å². The standard InChI is InChI=1S/C16H19FN6O2/c1-18-15(25)16(20-13-4-2-3-12(17)9-13)5-7-22(11-16)14(24)10-23-8-6-19-21-23/h2-4,6,8-9,20H,5,7,10-11H2,1H3,(H,18,25). The van der Waals surface area contributed by atoms with Crippen LogP contribution in [0.3, 0.4) is 0 Å². The lowest BCUT2D eigenvalue weighted by molar-refractivity contribution is -0.131. The van der Waals surface area contributed by atoms with Crippen LogP contribution in [0.2, 0.25) is 0 Å². The molecule has 25 heavy (non-hydrogen) atoms. The van der Waals surface area contributed by atoms with Gasteiger partial charge >= 0.3 is 0 Å². The van der Waals surface area contributed by atoms with Crippen molar-refractivity contribution in [2.45, 2.75) is 18.5 Å². The molecule has 0 aliphatic carbocycles. The van der Waals surface area contributed by atoms with Crippen LogP contribution in [-0.2, 0) is 16.1 Å². The van der Waals surface area contributed by atoms with Crippen molar-refractivity contribution in [1.82, 2.24) is 25.2 Å². The van der Waals surface area contributed by atoms with Crippen LogP contribution in [0.25, 0.3) is 0 Å². The van der Waals surface area contributed by atoms with E-state index in [1.54, 1.807) is 23.2 Å². The van der Waals surface area contributed by atoms with Crippen molar-refractivity contribution in [3.63, 3.8) is 0 Å². The number of aromatic nitrogens is 3. The first-order chi connectivity index (χ1) is 12.0. The van der Waals surface area contributed by atoms with Gasteiger partial charge in [0.2, 0.25) is 11.8 Å². The van der Waals surface area contributed by atoms with Crippen molar-refractivity contribution < 1.29 is 14.0 Å². The molecule has 2 heterocycles. The molecule has 2 amide bonds. The predicted octanol–water partition coefficient (Wildman–Crippen LogP) is 0.246. The van der Waals surface area contributed by atoms with Gasteiger partial charge in [-0.25, -0.2) is 9.07 Å². The first-order valence-corrected chi connectivity index (χ1v) is 7.90. The molecule has 132 valence electrons. The van der Waals surface area contributed by atoms with Gasteiger partial charge in [0.15, 0.2) is 0 Å². The van der Waals surface area contributed by atoms with E-state index in [9.17, 15) is 14.0 Å². The fraction of sp³-hybridized carbons (Fsp3) is 0.375. The molecular formula is C16H19FN6O2. The summed E-state index contributed by atoms with van der Waals surface area (Å²) < 4.78 is 14.9. The quantitative estimate of drug-likeness (QED) is 0.810. The molecule has 1 fully saturated rings. The van der Waals surface area contributed by atoms with Crippen molar-refractivity contribution in [3.05, 3.63) is 42.5 Å². The number of halogens is 1. The maximum Gasteiger partial charge on any atom is 0.247 e. The van der Waals surface area contributed by atoms with Gasteiger partial charge in [0.1, 0.15) is 17.9 Å². The highest BCUT2D eigenvalue weighted by atomic mass is 19.1. The van der Waals surface area contributed by atoms with Gasteiger partial charge < -0.3 is 15.5 Å². The Morgan fingerprint density at radius 3 is 2.92 bits per heavy atom. The molecule has 1 aliphatic rings.